The highest BCUT2D eigenvalue weighted by Gasteiger charge is 2.43. The van der Waals surface area contributed by atoms with Crippen LogP contribution in [0.25, 0.3) is 0 Å². The maximum Gasteiger partial charge on any atom is 0.228 e. The van der Waals surface area contributed by atoms with E-state index in [1.54, 1.807) is 7.11 Å². The lowest BCUT2D eigenvalue weighted by Crippen LogP contribution is -2.55. The van der Waals surface area contributed by atoms with Gasteiger partial charge in [-0.1, -0.05) is 31.5 Å². The first kappa shape index (κ1) is 22.6. The van der Waals surface area contributed by atoms with Crippen LogP contribution in [-0.4, -0.2) is 72.4 Å². The van der Waals surface area contributed by atoms with E-state index in [9.17, 15) is 9.59 Å². The zero-order valence-corrected chi connectivity index (χ0v) is 19.0. The van der Waals surface area contributed by atoms with Crippen LogP contribution in [0.1, 0.15) is 58.1 Å². The van der Waals surface area contributed by atoms with Gasteiger partial charge in [0.15, 0.2) is 0 Å². The fourth-order valence-corrected chi connectivity index (χ4v) is 4.79. The van der Waals surface area contributed by atoms with E-state index in [-0.39, 0.29) is 23.8 Å². The number of para-hydroxylation sites is 1. The summed E-state index contributed by atoms with van der Waals surface area (Å²) in [6, 6.07) is 8.08. The molecule has 0 aromatic heterocycles. The molecule has 1 aromatic rings. The van der Waals surface area contributed by atoms with Gasteiger partial charge in [-0.25, -0.2) is 0 Å². The molecule has 2 aliphatic rings. The van der Waals surface area contributed by atoms with Crippen LogP contribution in [0.3, 0.4) is 0 Å². The number of carbonyl (C=O) groups is 2. The molecule has 0 spiro atoms. The van der Waals surface area contributed by atoms with Gasteiger partial charge in [0.2, 0.25) is 11.8 Å². The molecule has 30 heavy (non-hydrogen) atoms. The Balaban J connectivity index is 1.89. The first-order chi connectivity index (χ1) is 14.5. The van der Waals surface area contributed by atoms with E-state index in [1.165, 1.54) is 0 Å². The van der Waals surface area contributed by atoms with Crippen LogP contribution in [0.2, 0.25) is 0 Å². The van der Waals surface area contributed by atoms with Gasteiger partial charge in [-0.05, 0) is 32.8 Å². The minimum Gasteiger partial charge on any atom is -0.496 e. The lowest BCUT2D eigenvalue weighted by Gasteiger charge is -2.44. The smallest absolute Gasteiger partial charge is 0.228 e. The molecule has 2 aliphatic heterocycles. The summed E-state index contributed by atoms with van der Waals surface area (Å²) in [7, 11) is 1.65. The third-order valence-corrected chi connectivity index (χ3v) is 6.59. The largest absolute Gasteiger partial charge is 0.496 e. The van der Waals surface area contributed by atoms with Crippen molar-refractivity contribution in [1.82, 2.24) is 14.7 Å². The summed E-state index contributed by atoms with van der Waals surface area (Å²) in [5, 5.41) is 0. The van der Waals surface area contributed by atoms with E-state index in [2.05, 4.69) is 25.7 Å². The molecule has 3 rings (SSSR count). The van der Waals surface area contributed by atoms with Gasteiger partial charge in [-0.15, -0.1) is 0 Å². The second-order valence-electron chi connectivity index (χ2n) is 8.73. The Bertz CT molecular complexity index is 728. The summed E-state index contributed by atoms with van der Waals surface area (Å²) < 4.78 is 5.63. The highest BCUT2D eigenvalue weighted by Crippen LogP contribution is 2.41. The fraction of sp³-hybridized carbons (Fsp3) is 0.667. The third kappa shape index (κ3) is 4.80. The van der Waals surface area contributed by atoms with Crippen LogP contribution in [-0.2, 0) is 9.59 Å². The number of carbonyl (C=O) groups excluding carboxylic acids is 2. The van der Waals surface area contributed by atoms with Crippen molar-refractivity contribution in [2.75, 3.05) is 39.8 Å². The normalized spacial score (nSPS) is 23.2. The van der Waals surface area contributed by atoms with E-state index in [0.717, 1.165) is 50.3 Å². The van der Waals surface area contributed by atoms with Gasteiger partial charge in [-0.3, -0.25) is 14.5 Å². The van der Waals surface area contributed by atoms with Gasteiger partial charge >= 0.3 is 0 Å². The second kappa shape index (κ2) is 10.3. The summed E-state index contributed by atoms with van der Waals surface area (Å²) in [6.07, 6.45) is 2.99. The topological polar surface area (TPSA) is 53.1 Å². The van der Waals surface area contributed by atoms with Crippen molar-refractivity contribution >= 4 is 11.8 Å². The van der Waals surface area contributed by atoms with E-state index in [1.807, 2.05) is 34.1 Å². The minimum absolute atomic E-state index is 0.146. The van der Waals surface area contributed by atoms with Crippen molar-refractivity contribution in [2.24, 2.45) is 5.92 Å². The van der Waals surface area contributed by atoms with Gasteiger partial charge in [0, 0.05) is 50.7 Å². The molecular weight excluding hydrogens is 378 g/mol. The van der Waals surface area contributed by atoms with Gasteiger partial charge in [0.25, 0.3) is 0 Å². The van der Waals surface area contributed by atoms with Gasteiger partial charge < -0.3 is 14.5 Å². The number of amides is 2. The quantitative estimate of drug-likeness (QED) is 0.686. The molecule has 0 bridgehead atoms. The number of hydrogen-bond acceptors (Lipinski definition) is 4. The molecule has 0 N–H and O–H groups in total. The predicted octanol–water partition coefficient (Wildman–Crippen LogP) is 3.33. The van der Waals surface area contributed by atoms with E-state index < -0.39 is 0 Å². The van der Waals surface area contributed by atoms with E-state index >= 15 is 0 Å². The summed E-state index contributed by atoms with van der Waals surface area (Å²) in [5.74, 6) is 0.860. The van der Waals surface area contributed by atoms with Gasteiger partial charge in [-0.2, -0.15) is 0 Å². The molecule has 166 valence electrons. The first-order valence-electron chi connectivity index (χ1n) is 11.4. The lowest BCUT2D eigenvalue weighted by molar-refractivity contribution is -0.149. The Kier molecular flexibility index (Phi) is 7.75. The van der Waals surface area contributed by atoms with Crippen LogP contribution in [0.15, 0.2) is 24.3 Å². The average molecular weight is 416 g/mol. The van der Waals surface area contributed by atoms with Crippen molar-refractivity contribution in [3.05, 3.63) is 29.8 Å². The number of hydrogen-bond donors (Lipinski definition) is 0. The first-order valence-corrected chi connectivity index (χ1v) is 11.4. The highest BCUT2D eigenvalue weighted by molar-refractivity contribution is 5.85. The van der Waals surface area contributed by atoms with Crippen molar-refractivity contribution in [3.8, 4) is 5.75 Å². The molecule has 1 aromatic carbocycles. The zero-order chi connectivity index (χ0) is 21.7. The number of piperazine rings is 1. The molecule has 6 heteroatoms. The van der Waals surface area contributed by atoms with Crippen LogP contribution in [0.4, 0.5) is 0 Å². The Morgan fingerprint density at radius 3 is 2.50 bits per heavy atom. The molecule has 2 heterocycles. The van der Waals surface area contributed by atoms with Crippen LogP contribution in [0.5, 0.6) is 5.75 Å². The standard InChI is InChI=1S/C24H37N3O3/c1-5-6-13-27-22(28)12-11-20(23(27)19-9-7-8-10-21(19)30-4)24(29)26-16-14-25(15-17-26)18(2)3/h7-10,18,20,23H,5-6,11-17H2,1-4H3. The van der Waals surface area contributed by atoms with Crippen LogP contribution in [0, 0.1) is 5.92 Å². The number of likely N-dealkylation sites (tertiary alicyclic amines) is 1. The van der Waals surface area contributed by atoms with Crippen LogP contribution < -0.4 is 4.74 Å². The Morgan fingerprint density at radius 1 is 1.17 bits per heavy atom. The molecule has 0 aliphatic carbocycles. The summed E-state index contributed by atoms with van der Waals surface area (Å²) in [5.41, 5.74) is 0.948. The number of piperidine rings is 1. The highest BCUT2D eigenvalue weighted by atomic mass is 16.5. The van der Waals surface area contributed by atoms with E-state index in [4.69, 9.17) is 4.74 Å². The predicted molar refractivity (Wildman–Crippen MR) is 118 cm³/mol. The molecule has 2 atom stereocenters. The minimum atomic E-state index is -0.260. The SMILES string of the molecule is CCCCN1C(=O)CCC(C(=O)N2CCN(C(C)C)CC2)C1c1ccccc1OC. The molecule has 2 unspecified atom stereocenters. The van der Waals surface area contributed by atoms with Crippen molar-refractivity contribution in [2.45, 2.75) is 58.5 Å². The molecular formula is C24H37N3O3. The molecule has 0 saturated carbocycles. The van der Waals surface area contributed by atoms with Crippen LogP contribution >= 0.6 is 0 Å². The molecule has 2 saturated heterocycles. The van der Waals surface area contributed by atoms with Gasteiger partial charge in [0.1, 0.15) is 5.75 Å². The zero-order valence-electron chi connectivity index (χ0n) is 19.0. The number of unbranched alkanes of at least 4 members (excludes halogenated alkanes) is 1. The fourth-order valence-electron chi connectivity index (χ4n) is 4.79. The summed E-state index contributed by atoms with van der Waals surface area (Å²) in [4.78, 5) is 32.9. The average Bonchev–Trinajstić information content (AvgIpc) is 2.77. The Hall–Kier alpha value is -2.08. The van der Waals surface area contributed by atoms with Crippen molar-refractivity contribution < 1.29 is 14.3 Å². The number of benzene rings is 1. The van der Waals surface area contributed by atoms with Gasteiger partial charge in [0.05, 0.1) is 19.1 Å². The monoisotopic (exact) mass is 415 g/mol. The summed E-state index contributed by atoms with van der Waals surface area (Å²) in [6.45, 7) is 10.6. The molecule has 2 fully saturated rings. The second-order valence-corrected chi connectivity index (χ2v) is 8.73. The molecule has 6 nitrogen and oxygen atoms in total. The Labute approximate surface area is 181 Å². The number of nitrogens with zero attached hydrogens (tertiary/aromatic N) is 3. The Morgan fingerprint density at radius 2 is 1.87 bits per heavy atom. The maximum absolute atomic E-state index is 13.7. The molecule has 2 amide bonds. The van der Waals surface area contributed by atoms with Crippen molar-refractivity contribution in [3.63, 3.8) is 0 Å². The number of methoxy groups -OCH3 is 1. The summed E-state index contributed by atoms with van der Waals surface area (Å²) >= 11 is 0. The maximum atomic E-state index is 13.7. The van der Waals surface area contributed by atoms with E-state index in [0.29, 0.717) is 25.4 Å². The van der Waals surface area contributed by atoms with Crippen molar-refractivity contribution in [1.29, 1.82) is 0 Å². The molecule has 0 radical (unpaired) electrons. The third-order valence-electron chi connectivity index (χ3n) is 6.59. The number of rotatable bonds is 7. The number of ether oxygens (including phenoxy) is 1. The lowest BCUT2D eigenvalue weighted by atomic mass is 9.82.